The van der Waals surface area contributed by atoms with Gasteiger partial charge in [0.25, 0.3) is 5.91 Å². The largest absolute Gasteiger partial charge is 0.492 e. The first kappa shape index (κ1) is 17.3. The Morgan fingerprint density at radius 1 is 1.11 bits per heavy atom. The molecular weight excluding hydrogens is 358 g/mol. The van der Waals surface area contributed by atoms with Gasteiger partial charge in [-0.25, -0.2) is 4.98 Å². The number of amides is 1. The summed E-state index contributed by atoms with van der Waals surface area (Å²) in [7, 11) is 0. The van der Waals surface area contributed by atoms with E-state index in [0.717, 1.165) is 16.8 Å². The molecule has 6 heteroatoms. The normalized spacial score (nSPS) is 10.9. The highest BCUT2D eigenvalue weighted by Gasteiger charge is 2.15. The molecule has 27 heavy (non-hydrogen) atoms. The van der Waals surface area contributed by atoms with Crippen molar-refractivity contribution < 1.29 is 9.53 Å². The number of hydrogen-bond acceptors (Lipinski definition) is 4. The summed E-state index contributed by atoms with van der Waals surface area (Å²) in [5, 5.41) is 4.81. The SMILES string of the molecule is Cc1ccc(OCCn2c(NC(=O)c3cccs3)nc3ccccc32)cc1. The molecule has 0 unspecified atom stereocenters. The van der Waals surface area contributed by atoms with Gasteiger partial charge >= 0.3 is 0 Å². The fraction of sp³-hybridized carbons (Fsp3) is 0.143. The van der Waals surface area contributed by atoms with E-state index in [4.69, 9.17) is 4.74 Å². The molecule has 0 saturated heterocycles. The van der Waals surface area contributed by atoms with Gasteiger partial charge in [-0.15, -0.1) is 11.3 Å². The first-order valence-corrected chi connectivity index (χ1v) is 9.58. The number of hydrogen-bond donors (Lipinski definition) is 1. The molecule has 5 nitrogen and oxygen atoms in total. The van der Waals surface area contributed by atoms with Crippen LogP contribution in [0.15, 0.2) is 66.0 Å². The van der Waals surface area contributed by atoms with Crippen molar-refractivity contribution in [2.45, 2.75) is 13.5 Å². The molecule has 1 N–H and O–H groups in total. The summed E-state index contributed by atoms with van der Waals surface area (Å²) in [5.74, 6) is 1.21. The van der Waals surface area contributed by atoms with Crippen molar-refractivity contribution in [2.75, 3.05) is 11.9 Å². The second kappa shape index (κ2) is 7.63. The van der Waals surface area contributed by atoms with Crippen molar-refractivity contribution in [2.24, 2.45) is 0 Å². The Morgan fingerprint density at radius 3 is 2.70 bits per heavy atom. The number of ether oxygens (including phenoxy) is 1. The molecule has 2 aromatic heterocycles. The molecule has 0 atom stereocenters. The van der Waals surface area contributed by atoms with Crippen LogP contribution in [-0.4, -0.2) is 22.1 Å². The Bertz CT molecular complexity index is 1050. The lowest BCUT2D eigenvalue weighted by molar-refractivity contribution is 0.102. The van der Waals surface area contributed by atoms with Gasteiger partial charge in [-0.05, 0) is 42.6 Å². The number of aromatic nitrogens is 2. The molecule has 2 aromatic carbocycles. The second-order valence-electron chi connectivity index (χ2n) is 6.17. The predicted molar refractivity (Wildman–Crippen MR) is 109 cm³/mol. The number of nitrogens with zero attached hydrogens (tertiary/aromatic N) is 2. The molecule has 0 aliphatic carbocycles. The maximum atomic E-state index is 12.4. The van der Waals surface area contributed by atoms with Crippen LogP contribution in [0.25, 0.3) is 11.0 Å². The summed E-state index contributed by atoms with van der Waals surface area (Å²) >= 11 is 1.41. The van der Waals surface area contributed by atoms with Crippen LogP contribution < -0.4 is 10.1 Å². The Morgan fingerprint density at radius 2 is 1.93 bits per heavy atom. The summed E-state index contributed by atoms with van der Waals surface area (Å²) in [4.78, 5) is 17.7. The standard InChI is InChI=1S/C21H19N3O2S/c1-15-8-10-16(11-9-15)26-13-12-24-18-6-3-2-5-17(18)22-21(24)23-20(25)19-7-4-14-27-19/h2-11,14H,12-13H2,1H3,(H,22,23,25). The number of aryl methyl sites for hydroxylation is 1. The first-order valence-electron chi connectivity index (χ1n) is 8.70. The van der Waals surface area contributed by atoms with Crippen LogP contribution >= 0.6 is 11.3 Å². The average Bonchev–Trinajstić information content (AvgIpc) is 3.32. The van der Waals surface area contributed by atoms with Crippen molar-refractivity contribution in [3.8, 4) is 5.75 Å². The van der Waals surface area contributed by atoms with Crippen LogP contribution in [0.3, 0.4) is 0 Å². The Kier molecular flexibility index (Phi) is 4.89. The highest BCUT2D eigenvalue weighted by molar-refractivity contribution is 7.12. The molecule has 4 aromatic rings. The van der Waals surface area contributed by atoms with Crippen molar-refractivity contribution >= 4 is 34.2 Å². The lowest BCUT2D eigenvalue weighted by Crippen LogP contribution is -2.17. The van der Waals surface area contributed by atoms with Crippen LogP contribution in [0, 0.1) is 6.92 Å². The lowest BCUT2D eigenvalue weighted by atomic mass is 10.2. The smallest absolute Gasteiger partial charge is 0.268 e. The summed E-state index contributed by atoms with van der Waals surface area (Å²) in [6, 6.07) is 19.5. The van der Waals surface area contributed by atoms with Crippen molar-refractivity contribution in [3.05, 3.63) is 76.5 Å². The van der Waals surface area contributed by atoms with E-state index >= 15 is 0 Å². The third-order valence-corrected chi connectivity index (χ3v) is 5.10. The molecule has 0 saturated carbocycles. The van der Waals surface area contributed by atoms with E-state index in [1.807, 2.05) is 71.5 Å². The molecular formula is C21H19N3O2S. The molecule has 0 radical (unpaired) electrons. The van der Waals surface area contributed by atoms with Gasteiger partial charge in [-0.1, -0.05) is 35.9 Å². The Balaban J connectivity index is 1.54. The maximum Gasteiger partial charge on any atom is 0.268 e. The zero-order valence-corrected chi connectivity index (χ0v) is 15.7. The quantitative estimate of drug-likeness (QED) is 0.528. The van der Waals surface area contributed by atoms with Gasteiger partial charge in [0.2, 0.25) is 5.95 Å². The van der Waals surface area contributed by atoms with E-state index in [2.05, 4.69) is 10.3 Å². The predicted octanol–water partition coefficient (Wildman–Crippen LogP) is 4.74. The van der Waals surface area contributed by atoms with Crippen LogP contribution in [0.2, 0.25) is 0 Å². The topological polar surface area (TPSA) is 56.1 Å². The number of fused-ring (bicyclic) bond motifs is 1. The van der Waals surface area contributed by atoms with E-state index in [-0.39, 0.29) is 5.91 Å². The number of imidazole rings is 1. The monoisotopic (exact) mass is 377 g/mol. The van der Waals surface area contributed by atoms with Crippen molar-refractivity contribution in [1.82, 2.24) is 9.55 Å². The van der Waals surface area contributed by atoms with Gasteiger partial charge in [-0.3, -0.25) is 10.1 Å². The third kappa shape index (κ3) is 3.85. The van der Waals surface area contributed by atoms with E-state index < -0.39 is 0 Å². The average molecular weight is 377 g/mol. The molecule has 136 valence electrons. The maximum absolute atomic E-state index is 12.4. The zero-order chi connectivity index (χ0) is 18.6. The van der Waals surface area contributed by atoms with Crippen LogP contribution in [0.5, 0.6) is 5.75 Å². The number of carbonyl (C=O) groups is 1. The van der Waals surface area contributed by atoms with Crippen LogP contribution in [-0.2, 0) is 6.54 Å². The number of rotatable bonds is 6. The van der Waals surface area contributed by atoms with Gasteiger partial charge in [0, 0.05) is 0 Å². The van der Waals surface area contributed by atoms with Crippen LogP contribution in [0.1, 0.15) is 15.2 Å². The van der Waals surface area contributed by atoms with Crippen molar-refractivity contribution in [1.29, 1.82) is 0 Å². The van der Waals surface area contributed by atoms with Crippen molar-refractivity contribution in [3.63, 3.8) is 0 Å². The molecule has 4 rings (SSSR count). The highest BCUT2D eigenvalue weighted by Crippen LogP contribution is 2.21. The van der Waals surface area contributed by atoms with Gasteiger partial charge in [0.15, 0.2) is 0 Å². The molecule has 0 spiro atoms. The number of nitrogens with one attached hydrogen (secondary N) is 1. The summed E-state index contributed by atoms with van der Waals surface area (Å²) in [6.07, 6.45) is 0. The molecule has 2 heterocycles. The zero-order valence-electron chi connectivity index (χ0n) is 14.9. The lowest BCUT2D eigenvalue weighted by Gasteiger charge is -2.11. The minimum Gasteiger partial charge on any atom is -0.492 e. The summed E-state index contributed by atoms with van der Waals surface area (Å²) < 4.78 is 7.84. The molecule has 0 aliphatic rings. The molecule has 0 fully saturated rings. The van der Waals surface area contributed by atoms with Crippen LogP contribution in [0.4, 0.5) is 5.95 Å². The second-order valence-corrected chi connectivity index (χ2v) is 7.12. The molecule has 0 aliphatic heterocycles. The summed E-state index contributed by atoms with van der Waals surface area (Å²) in [6.45, 7) is 3.10. The van der Waals surface area contributed by atoms with Gasteiger partial charge in [0.1, 0.15) is 12.4 Å². The van der Waals surface area contributed by atoms with E-state index in [0.29, 0.717) is 24.0 Å². The number of anilines is 1. The number of benzene rings is 2. The van der Waals surface area contributed by atoms with Gasteiger partial charge in [0.05, 0.1) is 22.5 Å². The molecule has 1 amide bonds. The first-order chi connectivity index (χ1) is 13.2. The third-order valence-electron chi connectivity index (χ3n) is 4.23. The molecule has 0 bridgehead atoms. The number of para-hydroxylation sites is 2. The highest BCUT2D eigenvalue weighted by atomic mass is 32.1. The Labute approximate surface area is 161 Å². The fourth-order valence-electron chi connectivity index (χ4n) is 2.86. The van der Waals surface area contributed by atoms with E-state index in [9.17, 15) is 4.79 Å². The minimum absolute atomic E-state index is 0.152. The summed E-state index contributed by atoms with van der Waals surface area (Å²) in [5.41, 5.74) is 3.00. The van der Waals surface area contributed by atoms with Gasteiger partial charge < -0.3 is 9.30 Å². The minimum atomic E-state index is -0.152. The Hall–Kier alpha value is -3.12. The fourth-order valence-corrected chi connectivity index (χ4v) is 3.48. The number of carbonyl (C=O) groups excluding carboxylic acids is 1. The van der Waals surface area contributed by atoms with E-state index in [1.54, 1.807) is 6.07 Å². The number of thiophene rings is 1. The van der Waals surface area contributed by atoms with E-state index in [1.165, 1.54) is 16.9 Å². The van der Waals surface area contributed by atoms with Gasteiger partial charge in [-0.2, -0.15) is 0 Å².